The number of hydrogen-bond donors (Lipinski definition) is 4. The Balaban J connectivity index is 0.895. The van der Waals surface area contributed by atoms with Gasteiger partial charge in [-0.2, -0.15) is 0 Å². The molecule has 2 saturated carbocycles. The van der Waals surface area contributed by atoms with E-state index in [9.17, 15) is 28.4 Å². The third-order valence-corrected chi connectivity index (χ3v) is 15.7. The number of nitrogens with zero attached hydrogens (tertiary/aromatic N) is 5. The fraction of sp³-hybridized carbons (Fsp3) is 0.479. The monoisotopic (exact) mass is 890 g/mol. The largest absolute Gasteiger partial charge is 0.455 e. The van der Waals surface area contributed by atoms with Crippen LogP contribution < -0.4 is 19.7 Å². The number of aromatic nitrogens is 3. The molecule has 0 radical (unpaired) electrons. The van der Waals surface area contributed by atoms with Crippen molar-refractivity contribution in [3.63, 3.8) is 0 Å². The predicted octanol–water partition coefficient (Wildman–Crippen LogP) is 8.84. The van der Waals surface area contributed by atoms with Gasteiger partial charge in [0, 0.05) is 61.1 Å². The molecule has 5 aromatic rings. The fourth-order valence-electron chi connectivity index (χ4n) is 10.6. The van der Waals surface area contributed by atoms with Crippen molar-refractivity contribution in [3.8, 4) is 11.5 Å². The molecule has 15 nitrogen and oxygen atoms in total. The zero-order chi connectivity index (χ0) is 44.8. The molecule has 4 fully saturated rings. The van der Waals surface area contributed by atoms with Gasteiger partial charge in [0.25, 0.3) is 15.9 Å². The van der Waals surface area contributed by atoms with Crippen LogP contribution in [0.2, 0.25) is 0 Å². The number of likely N-dealkylation sites (tertiary alicyclic amines) is 1. The van der Waals surface area contributed by atoms with Gasteiger partial charge in [-0.3, -0.25) is 19.8 Å². The number of nitro groups is 1. The van der Waals surface area contributed by atoms with Gasteiger partial charge >= 0.3 is 5.69 Å². The molecule has 64 heavy (non-hydrogen) atoms. The first kappa shape index (κ1) is 43.7. The van der Waals surface area contributed by atoms with E-state index >= 15 is 0 Å². The van der Waals surface area contributed by atoms with Crippen LogP contribution in [0, 0.1) is 21.4 Å². The number of ether oxygens (including phenoxy) is 1. The van der Waals surface area contributed by atoms with Gasteiger partial charge in [0.05, 0.1) is 28.5 Å². The lowest BCUT2D eigenvalue weighted by atomic mass is 9.59. The SMILES string of the molecule is CC(C)c1ccccc1[C@H]1CCCN1C1CC2(CCN(c3ccc(C(=O)NS(=O)(=O)c4cnc(NC[C@H]5CC[C@@](C)(O)CC5)c([N+](=O)[O-])c4)c(Oc4cnc5[nH]ccc5c4)c3)CC2)C1. The van der Waals surface area contributed by atoms with Crippen molar-refractivity contribution < 1.29 is 28.0 Å². The Morgan fingerprint density at radius 3 is 2.52 bits per heavy atom. The van der Waals surface area contributed by atoms with Gasteiger partial charge < -0.3 is 25.0 Å². The maximum Gasteiger partial charge on any atom is 0.312 e. The summed E-state index contributed by atoms with van der Waals surface area (Å²) in [5, 5.41) is 26.2. The summed E-state index contributed by atoms with van der Waals surface area (Å²) in [7, 11) is -4.62. The van der Waals surface area contributed by atoms with Gasteiger partial charge in [0.15, 0.2) is 0 Å². The molecule has 9 rings (SSSR count). The molecule has 2 saturated heterocycles. The summed E-state index contributed by atoms with van der Waals surface area (Å²) < 4.78 is 35.8. The van der Waals surface area contributed by atoms with E-state index < -0.39 is 37.0 Å². The number of rotatable bonds is 13. The smallest absolute Gasteiger partial charge is 0.312 e. The van der Waals surface area contributed by atoms with Gasteiger partial charge in [0.2, 0.25) is 5.82 Å². The highest BCUT2D eigenvalue weighted by Gasteiger charge is 2.50. The van der Waals surface area contributed by atoms with Crippen LogP contribution >= 0.6 is 0 Å². The number of aliphatic hydroxyl groups is 1. The van der Waals surface area contributed by atoms with E-state index in [2.05, 4.69) is 72.9 Å². The molecule has 3 aromatic heterocycles. The van der Waals surface area contributed by atoms with Gasteiger partial charge in [-0.15, -0.1) is 0 Å². The molecule has 338 valence electrons. The summed E-state index contributed by atoms with van der Waals surface area (Å²) in [6, 6.07) is 19.7. The van der Waals surface area contributed by atoms with Crippen molar-refractivity contribution in [1.29, 1.82) is 0 Å². The lowest BCUT2D eigenvalue weighted by molar-refractivity contribution is -0.384. The molecule has 2 aliphatic carbocycles. The number of benzene rings is 2. The summed E-state index contributed by atoms with van der Waals surface area (Å²) in [5.74, 6) is 0.117. The lowest BCUT2D eigenvalue weighted by Gasteiger charge is -2.56. The minimum Gasteiger partial charge on any atom is -0.455 e. The van der Waals surface area contributed by atoms with E-state index in [-0.39, 0.29) is 23.0 Å². The van der Waals surface area contributed by atoms with Crippen molar-refractivity contribution in [1.82, 2.24) is 24.6 Å². The quantitative estimate of drug-likeness (QED) is 0.0649. The molecule has 4 aliphatic rings. The number of aromatic amines is 1. The Morgan fingerprint density at radius 1 is 1.00 bits per heavy atom. The molecule has 1 atom stereocenters. The third kappa shape index (κ3) is 9.04. The Labute approximate surface area is 374 Å². The van der Waals surface area contributed by atoms with E-state index in [1.54, 1.807) is 31.3 Å². The molecule has 0 unspecified atom stereocenters. The highest BCUT2D eigenvalue weighted by atomic mass is 32.2. The Hall–Kier alpha value is -5.58. The molecular weight excluding hydrogens is 833 g/mol. The summed E-state index contributed by atoms with van der Waals surface area (Å²) in [5.41, 5.74) is 3.47. The van der Waals surface area contributed by atoms with E-state index in [1.807, 2.05) is 12.1 Å². The number of carbonyl (C=O) groups excluding carboxylic acids is 1. The van der Waals surface area contributed by atoms with Crippen molar-refractivity contribution >= 4 is 44.2 Å². The number of piperidine rings is 1. The number of nitrogens with one attached hydrogen (secondary N) is 3. The molecule has 4 N–H and O–H groups in total. The fourth-order valence-corrected chi connectivity index (χ4v) is 11.6. The first-order valence-corrected chi connectivity index (χ1v) is 24.2. The second-order valence-electron chi connectivity index (χ2n) is 19.1. The minimum atomic E-state index is -4.62. The predicted molar refractivity (Wildman–Crippen MR) is 245 cm³/mol. The maximum atomic E-state index is 14.0. The molecule has 5 heterocycles. The van der Waals surface area contributed by atoms with E-state index in [0.717, 1.165) is 68.7 Å². The number of pyridine rings is 2. The lowest BCUT2D eigenvalue weighted by Crippen LogP contribution is -2.54. The highest BCUT2D eigenvalue weighted by Crippen LogP contribution is 2.54. The van der Waals surface area contributed by atoms with Crippen LogP contribution in [0.4, 0.5) is 17.2 Å². The van der Waals surface area contributed by atoms with Crippen LogP contribution in [0.3, 0.4) is 0 Å². The first-order valence-electron chi connectivity index (χ1n) is 22.7. The van der Waals surface area contributed by atoms with Crippen molar-refractivity contribution in [3.05, 3.63) is 106 Å². The van der Waals surface area contributed by atoms with Crippen molar-refractivity contribution in [2.45, 2.75) is 113 Å². The van der Waals surface area contributed by atoms with Gasteiger partial charge in [0.1, 0.15) is 22.0 Å². The van der Waals surface area contributed by atoms with Crippen LogP contribution in [0.5, 0.6) is 11.5 Å². The molecule has 2 aliphatic heterocycles. The van der Waals surface area contributed by atoms with Gasteiger partial charge in [-0.05, 0) is 130 Å². The van der Waals surface area contributed by atoms with Gasteiger partial charge in [-0.25, -0.2) is 23.1 Å². The summed E-state index contributed by atoms with van der Waals surface area (Å²) in [6.07, 6.45) is 13.9. The topological polar surface area (TPSA) is 196 Å². The molecule has 1 spiro atoms. The second-order valence-corrected chi connectivity index (χ2v) is 20.8. The van der Waals surface area contributed by atoms with Crippen LogP contribution in [0.25, 0.3) is 11.0 Å². The van der Waals surface area contributed by atoms with Crippen LogP contribution in [0.15, 0.2) is 84.1 Å². The average Bonchev–Trinajstić information content (AvgIpc) is 3.95. The molecule has 0 bridgehead atoms. The highest BCUT2D eigenvalue weighted by molar-refractivity contribution is 7.90. The van der Waals surface area contributed by atoms with Crippen molar-refractivity contribution in [2.24, 2.45) is 11.3 Å². The average molecular weight is 891 g/mol. The maximum absolute atomic E-state index is 14.0. The third-order valence-electron chi connectivity index (χ3n) is 14.4. The molecule has 2 aromatic carbocycles. The summed E-state index contributed by atoms with van der Waals surface area (Å²) in [4.78, 5) is 41.5. The normalized spacial score (nSPS) is 22.7. The van der Waals surface area contributed by atoms with Crippen molar-refractivity contribution in [2.75, 3.05) is 36.4 Å². The number of sulfonamides is 1. The van der Waals surface area contributed by atoms with E-state index in [4.69, 9.17) is 4.74 Å². The van der Waals surface area contributed by atoms with Crippen LogP contribution in [-0.4, -0.2) is 82.0 Å². The number of fused-ring (bicyclic) bond motifs is 1. The van der Waals surface area contributed by atoms with Crippen LogP contribution in [-0.2, 0) is 10.0 Å². The number of anilines is 2. The van der Waals surface area contributed by atoms with E-state index in [1.165, 1.54) is 43.0 Å². The van der Waals surface area contributed by atoms with E-state index in [0.29, 0.717) is 54.2 Å². The number of hydrogen-bond acceptors (Lipinski definition) is 12. The molecule has 16 heteroatoms. The number of carbonyl (C=O) groups is 1. The second kappa shape index (κ2) is 17.4. The summed E-state index contributed by atoms with van der Waals surface area (Å²) in [6.45, 7) is 9.57. The Kier molecular flexibility index (Phi) is 11.9. The standard InChI is InChI=1S/C48H58N8O7S/c1-31(2)38-7-4-5-8-39(38)41-9-6-20-55(41)35-26-48(27-35)17-21-54(22-18-48)34-10-11-40(43(24-34)63-36-23-33-14-19-49-44(33)51-29-36)46(57)53-64(61,62)37-25-42(56(59)60)45(52-30-37)50-28-32-12-15-47(3,58)16-13-32/h4-5,7-8,10-11,14,19,23-25,29-32,35,41,58H,6,9,12-13,15-18,20-22,26-28H2,1-3H3,(H,49,51)(H,50,52)(H,53,57)/t32-,41-,47+/m1/s1. The minimum absolute atomic E-state index is 0.0387. The number of H-pyrrole nitrogens is 1. The molecular formula is C48H58N8O7S. The first-order chi connectivity index (χ1) is 30.7. The summed E-state index contributed by atoms with van der Waals surface area (Å²) >= 11 is 0. The Bertz CT molecular complexity index is 2640. The zero-order valence-corrected chi connectivity index (χ0v) is 37.6. The van der Waals surface area contributed by atoms with Crippen LogP contribution in [0.1, 0.15) is 118 Å². The molecule has 1 amide bonds. The number of amides is 1. The van der Waals surface area contributed by atoms with Gasteiger partial charge in [-0.1, -0.05) is 38.1 Å². The Morgan fingerprint density at radius 2 is 1.77 bits per heavy atom. The zero-order valence-electron chi connectivity index (χ0n) is 36.8.